The van der Waals surface area contributed by atoms with E-state index in [0.717, 1.165) is 5.56 Å². The quantitative estimate of drug-likeness (QED) is 0.771. The monoisotopic (exact) mass is 398 g/mol. The Hall–Kier alpha value is -3.26. The normalized spacial score (nSPS) is 14.8. The van der Waals surface area contributed by atoms with Crippen molar-refractivity contribution in [1.29, 1.82) is 0 Å². The number of carboxylic acids is 1. The molecule has 8 heteroatoms. The Balaban J connectivity index is 1.86. The first-order chi connectivity index (χ1) is 13.4. The number of para-hydroxylation sites is 1. The number of nitrogens with zero attached hydrogens (tertiary/aromatic N) is 2. The van der Waals surface area contributed by atoms with E-state index in [0.29, 0.717) is 27.3 Å². The van der Waals surface area contributed by atoms with Crippen LogP contribution in [-0.2, 0) is 4.79 Å². The van der Waals surface area contributed by atoms with E-state index in [1.165, 1.54) is 17.8 Å². The minimum atomic E-state index is -1.04. The van der Waals surface area contributed by atoms with Crippen LogP contribution in [0.4, 0.5) is 5.69 Å². The van der Waals surface area contributed by atoms with Crippen LogP contribution in [0.2, 0.25) is 0 Å². The Morgan fingerprint density at radius 1 is 1.14 bits per heavy atom. The van der Waals surface area contributed by atoms with E-state index in [4.69, 9.17) is 9.47 Å². The molecule has 28 heavy (non-hydrogen) atoms. The molecule has 1 aliphatic rings. The molecular formula is C20H18N2O5S. The van der Waals surface area contributed by atoms with Crippen LogP contribution in [-0.4, -0.2) is 43.4 Å². The molecule has 0 aliphatic carbocycles. The van der Waals surface area contributed by atoms with Crippen molar-refractivity contribution in [2.24, 2.45) is 4.99 Å². The van der Waals surface area contributed by atoms with Crippen molar-refractivity contribution in [3.05, 3.63) is 58.5 Å². The second-order valence-electron chi connectivity index (χ2n) is 5.81. The van der Waals surface area contributed by atoms with E-state index in [1.54, 1.807) is 62.6 Å². The molecule has 1 amide bonds. The van der Waals surface area contributed by atoms with Crippen molar-refractivity contribution in [3.8, 4) is 11.5 Å². The van der Waals surface area contributed by atoms with E-state index >= 15 is 0 Å². The van der Waals surface area contributed by atoms with Gasteiger partial charge in [-0.05, 0) is 47.7 Å². The first-order valence-electron chi connectivity index (χ1n) is 8.25. The van der Waals surface area contributed by atoms with Crippen LogP contribution in [0.5, 0.6) is 11.5 Å². The van der Waals surface area contributed by atoms with Gasteiger partial charge in [0, 0.05) is 7.05 Å². The number of aliphatic imine (C=N–C) groups is 1. The molecule has 0 saturated heterocycles. The van der Waals surface area contributed by atoms with Crippen molar-refractivity contribution >= 4 is 40.6 Å². The molecule has 0 unspecified atom stereocenters. The van der Waals surface area contributed by atoms with Gasteiger partial charge in [-0.15, -0.1) is 0 Å². The van der Waals surface area contributed by atoms with Gasteiger partial charge in [0.05, 0.1) is 30.4 Å². The maximum atomic E-state index is 12.3. The van der Waals surface area contributed by atoms with Crippen molar-refractivity contribution in [1.82, 2.24) is 0 Å². The molecule has 0 aromatic heterocycles. The summed E-state index contributed by atoms with van der Waals surface area (Å²) < 4.78 is 10.5. The number of rotatable bonds is 5. The highest BCUT2D eigenvalue weighted by Gasteiger charge is 2.27. The predicted molar refractivity (Wildman–Crippen MR) is 109 cm³/mol. The molecule has 3 rings (SSSR count). The van der Waals surface area contributed by atoms with Crippen molar-refractivity contribution in [2.45, 2.75) is 0 Å². The van der Waals surface area contributed by atoms with Crippen LogP contribution in [0.25, 0.3) is 6.08 Å². The highest BCUT2D eigenvalue weighted by Crippen LogP contribution is 2.34. The van der Waals surface area contributed by atoms with Crippen LogP contribution < -0.4 is 14.4 Å². The number of anilines is 1. The summed E-state index contributed by atoms with van der Waals surface area (Å²) in [5.74, 6) is -0.272. The van der Waals surface area contributed by atoms with Gasteiger partial charge < -0.3 is 19.5 Å². The molecule has 0 radical (unpaired) electrons. The van der Waals surface area contributed by atoms with Gasteiger partial charge in [-0.1, -0.05) is 18.2 Å². The van der Waals surface area contributed by atoms with Gasteiger partial charge in [-0.25, -0.2) is 4.79 Å². The number of hydrogen-bond acceptors (Lipinski definition) is 6. The molecule has 1 N–H and O–H groups in total. The number of benzene rings is 2. The number of carbonyl (C=O) groups excluding carboxylic acids is 1. The predicted octanol–water partition coefficient (Wildman–Crippen LogP) is 3.51. The van der Waals surface area contributed by atoms with Gasteiger partial charge in [-0.3, -0.25) is 4.79 Å². The molecule has 7 nitrogen and oxygen atoms in total. The van der Waals surface area contributed by atoms with Gasteiger partial charge in [-0.2, -0.15) is 4.99 Å². The molecule has 0 fully saturated rings. The number of hydrogen-bond donors (Lipinski definition) is 1. The molecule has 1 aliphatic heterocycles. The Bertz CT molecular complexity index is 1000. The van der Waals surface area contributed by atoms with E-state index in [1.807, 2.05) is 6.07 Å². The Morgan fingerprint density at radius 2 is 1.86 bits per heavy atom. The summed E-state index contributed by atoms with van der Waals surface area (Å²) in [6.07, 6.45) is 1.71. The van der Waals surface area contributed by atoms with E-state index in [2.05, 4.69) is 4.99 Å². The Labute approximate surface area is 166 Å². The average Bonchev–Trinajstić information content (AvgIpc) is 3.07. The fraction of sp³-hybridized carbons (Fsp3) is 0.150. The number of carboxylic acid groups (broad SMARTS) is 1. The Kier molecular flexibility index (Phi) is 5.70. The van der Waals surface area contributed by atoms with E-state index < -0.39 is 5.97 Å². The highest BCUT2D eigenvalue weighted by molar-refractivity contribution is 8.18. The summed E-state index contributed by atoms with van der Waals surface area (Å²) >= 11 is 1.18. The lowest BCUT2D eigenvalue weighted by molar-refractivity contribution is -0.113. The third-order valence-corrected chi connectivity index (χ3v) is 5.16. The molecule has 1 heterocycles. The van der Waals surface area contributed by atoms with Gasteiger partial charge in [0.2, 0.25) is 0 Å². The summed E-state index contributed by atoms with van der Waals surface area (Å²) in [6.45, 7) is 0. The molecule has 0 bridgehead atoms. The molecule has 0 spiro atoms. The highest BCUT2D eigenvalue weighted by atomic mass is 32.2. The standard InChI is InChI=1S/C20H18N2O5S/c1-22(14-7-5-4-6-13(14)19(24)25)20-21-18(23)17(28-20)11-12-8-9-15(26-2)16(10-12)27-3/h4-11H,1-3H3,(H,24,25)/b17-11-. The fourth-order valence-corrected chi connectivity index (χ4v) is 3.57. The van der Waals surface area contributed by atoms with Gasteiger partial charge >= 0.3 is 5.97 Å². The fourth-order valence-electron chi connectivity index (χ4n) is 2.69. The minimum absolute atomic E-state index is 0.137. The summed E-state index contributed by atoms with van der Waals surface area (Å²) in [6, 6.07) is 11.9. The first kappa shape index (κ1) is 19.5. The lowest BCUT2D eigenvalue weighted by atomic mass is 10.1. The third kappa shape index (κ3) is 3.86. The second-order valence-corrected chi connectivity index (χ2v) is 6.82. The van der Waals surface area contributed by atoms with Crippen LogP contribution in [0, 0.1) is 0 Å². The lowest BCUT2D eigenvalue weighted by Crippen LogP contribution is -2.24. The molecule has 2 aromatic rings. The van der Waals surface area contributed by atoms with Crippen LogP contribution >= 0.6 is 11.8 Å². The minimum Gasteiger partial charge on any atom is -0.493 e. The zero-order valence-corrected chi connectivity index (χ0v) is 16.3. The van der Waals surface area contributed by atoms with Gasteiger partial charge in [0.25, 0.3) is 5.91 Å². The van der Waals surface area contributed by atoms with E-state index in [-0.39, 0.29) is 11.5 Å². The Morgan fingerprint density at radius 3 is 2.54 bits per heavy atom. The van der Waals surface area contributed by atoms with Gasteiger partial charge in [0.15, 0.2) is 16.7 Å². The molecule has 0 saturated carbocycles. The van der Waals surface area contributed by atoms with Crippen molar-refractivity contribution in [3.63, 3.8) is 0 Å². The number of carbonyl (C=O) groups is 2. The average molecular weight is 398 g/mol. The second kappa shape index (κ2) is 8.18. The topological polar surface area (TPSA) is 88.4 Å². The molecule has 144 valence electrons. The zero-order chi connectivity index (χ0) is 20.3. The SMILES string of the molecule is COc1ccc(/C=C2\SC(N(C)c3ccccc3C(=O)O)=NC2=O)cc1OC. The smallest absolute Gasteiger partial charge is 0.337 e. The van der Waals surface area contributed by atoms with Crippen LogP contribution in [0.1, 0.15) is 15.9 Å². The number of thioether (sulfide) groups is 1. The molecule has 0 atom stereocenters. The van der Waals surface area contributed by atoms with Crippen LogP contribution in [0.3, 0.4) is 0 Å². The largest absolute Gasteiger partial charge is 0.493 e. The molecular weight excluding hydrogens is 380 g/mol. The summed E-state index contributed by atoms with van der Waals surface area (Å²) in [5.41, 5.74) is 1.36. The number of amides is 1. The van der Waals surface area contributed by atoms with Crippen LogP contribution in [0.15, 0.2) is 52.4 Å². The van der Waals surface area contributed by atoms with E-state index in [9.17, 15) is 14.7 Å². The summed E-state index contributed by atoms with van der Waals surface area (Å²) in [4.78, 5) is 29.9. The van der Waals surface area contributed by atoms with Gasteiger partial charge in [0.1, 0.15) is 0 Å². The number of ether oxygens (including phenoxy) is 2. The number of aromatic carboxylic acids is 1. The first-order valence-corrected chi connectivity index (χ1v) is 9.07. The third-order valence-electron chi connectivity index (χ3n) is 4.10. The maximum absolute atomic E-state index is 12.3. The van der Waals surface area contributed by atoms with Crippen molar-refractivity contribution < 1.29 is 24.2 Å². The summed E-state index contributed by atoms with van der Waals surface area (Å²) in [5, 5.41) is 9.78. The molecule has 2 aromatic carbocycles. The maximum Gasteiger partial charge on any atom is 0.337 e. The lowest BCUT2D eigenvalue weighted by Gasteiger charge is -2.19. The number of methoxy groups -OCH3 is 2. The zero-order valence-electron chi connectivity index (χ0n) is 15.5. The number of amidine groups is 1. The van der Waals surface area contributed by atoms with Crippen molar-refractivity contribution in [2.75, 3.05) is 26.2 Å². The summed E-state index contributed by atoms with van der Waals surface area (Å²) in [7, 11) is 4.78.